The van der Waals surface area contributed by atoms with Gasteiger partial charge >= 0.3 is 6.03 Å². The van der Waals surface area contributed by atoms with Crippen molar-refractivity contribution in [3.05, 3.63) is 35.4 Å². The lowest BCUT2D eigenvalue weighted by Gasteiger charge is -2.18. The molecule has 4 heteroatoms. The minimum absolute atomic E-state index is 0.0883. The van der Waals surface area contributed by atoms with E-state index >= 15 is 0 Å². The summed E-state index contributed by atoms with van der Waals surface area (Å²) in [6.07, 6.45) is 3.95. The summed E-state index contributed by atoms with van der Waals surface area (Å²) in [6, 6.07) is 8.28. The Morgan fingerprint density at radius 3 is 2.43 bits per heavy atom. The zero-order valence-corrected chi connectivity index (χ0v) is 12.7. The minimum Gasteiger partial charge on any atom is -0.380 e. The molecule has 1 aromatic carbocycles. The lowest BCUT2D eigenvalue weighted by Crippen LogP contribution is -2.38. The summed E-state index contributed by atoms with van der Waals surface area (Å²) in [5.74, 6) is 1.51. The van der Waals surface area contributed by atoms with Crippen LogP contribution >= 0.6 is 0 Å². The molecule has 0 bridgehead atoms. The lowest BCUT2D eigenvalue weighted by molar-refractivity contribution is 0.185. The molecule has 1 aromatic rings. The molecule has 2 unspecified atom stereocenters. The Hall–Kier alpha value is -1.55. The third-order valence-corrected chi connectivity index (χ3v) is 4.79. The average Bonchev–Trinajstić information content (AvgIpc) is 3.08. The van der Waals surface area contributed by atoms with E-state index in [4.69, 9.17) is 4.74 Å². The third kappa shape index (κ3) is 3.38. The Bertz CT molecular complexity index is 474. The van der Waals surface area contributed by atoms with E-state index in [9.17, 15) is 4.79 Å². The van der Waals surface area contributed by atoms with Gasteiger partial charge in [0, 0.05) is 26.7 Å². The number of rotatable bonds is 4. The molecule has 0 radical (unpaired) electrons. The second kappa shape index (κ2) is 6.48. The van der Waals surface area contributed by atoms with Gasteiger partial charge in [0.25, 0.3) is 0 Å². The van der Waals surface area contributed by atoms with Gasteiger partial charge in [-0.2, -0.15) is 0 Å². The molecule has 2 amide bonds. The van der Waals surface area contributed by atoms with Gasteiger partial charge in [0.05, 0.1) is 6.61 Å². The second-order valence-electron chi connectivity index (χ2n) is 6.26. The summed E-state index contributed by atoms with van der Waals surface area (Å²) in [7, 11) is 1.69. The fraction of sp³-hybridized carbons (Fsp3) is 0.588. The standard InChI is InChI=1S/C17H24N2O2/c1-21-12-14-7-5-13(6-8-14)9-18-17(20)19-10-15-3-2-4-16(15)11-19/h5-8,15-16H,2-4,9-12H2,1H3,(H,18,20). The predicted octanol–water partition coefficient (Wildman–Crippen LogP) is 2.77. The van der Waals surface area contributed by atoms with Gasteiger partial charge in [0.2, 0.25) is 0 Å². The number of hydrogen-bond donors (Lipinski definition) is 1. The monoisotopic (exact) mass is 288 g/mol. The number of fused-ring (bicyclic) bond motifs is 1. The number of nitrogens with zero attached hydrogens (tertiary/aromatic N) is 1. The maximum absolute atomic E-state index is 12.2. The normalized spacial score (nSPS) is 24.1. The van der Waals surface area contributed by atoms with E-state index in [2.05, 4.69) is 5.32 Å². The predicted molar refractivity (Wildman–Crippen MR) is 81.8 cm³/mol. The molecule has 0 spiro atoms. The number of ether oxygens (including phenoxy) is 1. The topological polar surface area (TPSA) is 41.6 Å². The maximum atomic E-state index is 12.2. The van der Waals surface area contributed by atoms with Gasteiger partial charge in [-0.3, -0.25) is 0 Å². The van der Waals surface area contributed by atoms with Gasteiger partial charge in [0.1, 0.15) is 0 Å². The molecule has 1 heterocycles. The molecule has 1 N–H and O–H groups in total. The molecular weight excluding hydrogens is 264 g/mol. The molecule has 2 fully saturated rings. The van der Waals surface area contributed by atoms with Crippen LogP contribution in [0.25, 0.3) is 0 Å². The Morgan fingerprint density at radius 2 is 1.81 bits per heavy atom. The van der Waals surface area contributed by atoms with Gasteiger partial charge < -0.3 is 15.0 Å². The van der Waals surface area contributed by atoms with Crippen LogP contribution < -0.4 is 5.32 Å². The van der Waals surface area contributed by atoms with Crippen molar-refractivity contribution in [1.82, 2.24) is 10.2 Å². The molecule has 2 atom stereocenters. The summed E-state index contributed by atoms with van der Waals surface area (Å²) in [5, 5.41) is 3.04. The fourth-order valence-electron chi connectivity index (χ4n) is 3.61. The van der Waals surface area contributed by atoms with Crippen LogP contribution in [0, 0.1) is 11.8 Å². The molecule has 1 saturated carbocycles. The molecule has 1 aliphatic carbocycles. The number of likely N-dealkylation sites (tertiary alicyclic amines) is 1. The van der Waals surface area contributed by atoms with Crippen molar-refractivity contribution in [2.75, 3.05) is 20.2 Å². The smallest absolute Gasteiger partial charge is 0.317 e. The quantitative estimate of drug-likeness (QED) is 0.925. The molecule has 2 aliphatic rings. The molecular formula is C17H24N2O2. The molecule has 21 heavy (non-hydrogen) atoms. The largest absolute Gasteiger partial charge is 0.380 e. The second-order valence-corrected chi connectivity index (χ2v) is 6.26. The summed E-state index contributed by atoms with van der Waals surface area (Å²) in [6.45, 7) is 3.12. The van der Waals surface area contributed by atoms with Gasteiger partial charge in [-0.25, -0.2) is 4.79 Å². The highest BCUT2D eigenvalue weighted by Gasteiger charge is 2.37. The highest BCUT2D eigenvalue weighted by molar-refractivity contribution is 5.74. The summed E-state index contributed by atoms with van der Waals surface area (Å²) < 4.78 is 5.09. The zero-order valence-electron chi connectivity index (χ0n) is 12.7. The number of carbonyl (C=O) groups excluding carboxylic acids is 1. The first kappa shape index (κ1) is 14.4. The summed E-state index contributed by atoms with van der Waals surface area (Å²) in [4.78, 5) is 14.2. The van der Waals surface area contributed by atoms with E-state index in [0.29, 0.717) is 13.2 Å². The zero-order chi connectivity index (χ0) is 14.7. The number of methoxy groups -OCH3 is 1. The van der Waals surface area contributed by atoms with Crippen LogP contribution in [0.2, 0.25) is 0 Å². The molecule has 1 saturated heterocycles. The highest BCUT2D eigenvalue weighted by atomic mass is 16.5. The Labute approximate surface area is 126 Å². The van der Waals surface area contributed by atoms with Crippen LogP contribution in [0.1, 0.15) is 30.4 Å². The number of benzene rings is 1. The van der Waals surface area contributed by atoms with Crippen LogP contribution in [0.5, 0.6) is 0 Å². The van der Waals surface area contributed by atoms with Crippen LogP contribution in [0.4, 0.5) is 4.79 Å². The molecule has 4 nitrogen and oxygen atoms in total. The van der Waals surface area contributed by atoms with Gasteiger partial charge in [-0.1, -0.05) is 30.7 Å². The molecule has 1 aliphatic heterocycles. The van der Waals surface area contributed by atoms with Gasteiger partial charge in [0.15, 0.2) is 0 Å². The number of carbonyl (C=O) groups is 1. The highest BCUT2D eigenvalue weighted by Crippen LogP contribution is 2.37. The van der Waals surface area contributed by atoms with Crippen molar-refractivity contribution in [2.45, 2.75) is 32.4 Å². The van der Waals surface area contributed by atoms with Gasteiger partial charge in [-0.15, -0.1) is 0 Å². The lowest BCUT2D eigenvalue weighted by atomic mass is 10.0. The van der Waals surface area contributed by atoms with Gasteiger partial charge in [-0.05, 0) is 35.8 Å². The van der Waals surface area contributed by atoms with Crippen molar-refractivity contribution >= 4 is 6.03 Å². The van der Waals surface area contributed by atoms with Crippen molar-refractivity contribution in [2.24, 2.45) is 11.8 Å². The summed E-state index contributed by atoms with van der Waals surface area (Å²) in [5.41, 5.74) is 2.28. The van der Waals surface area contributed by atoms with E-state index in [1.54, 1.807) is 7.11 Å². The number of nitrogens with one attached hydrogen (secondary N) is 1. The minimum atomic E-state index is 0.0883. The van der Waals surface area contributed by atoms with E-state index in [1.165, 1.54) is 19.3 Å². The Kier molecular flexibility index (Phi) is 4.44. The van der Waals surface area contributed by atoms with E-state index in [0.717, 1.165) is 36.1 Å². The number of urea groups is 1. The summed E-state index contributed by atoms with van der Waals surface area (Å²) >= 11 is 0. The third-order valence-electron chi connectivity index (χ3n) is 4.79. The first-order chi connectivity index (χ1) is 10.3. The SMILES string of the molecule is COCc1ccc(CNC(=O)N2CC3CCCC3C2)cc1. The van der Waals surface area contributed by atoms with E-state index in [1.807, 2.05) is 29.2 Å². The van der Waals surface area contributed by atoms with Crippen molar-refractivity contribution in [1.29, 1.82) is 0 Å². The maximum Gasteiger partial charge on any atom is 0.317 e. The first-order valence-corrected chi connectivity index (χ1v) is 7.86. The van der Waals surface area contributed by atoms with Crippen molar-refractivity contribution < 1.29 is 9.53 Å². The number of amides is 2. The van der Waals surface area contributed by atoms with Crippen LogP contribution in [-0.2, 0) is 17.9 Å². The number of hydrogen-bond acceptors (Lipinski definition) is 2. The van der Waals surface area contributed by atoms with Crippen molar-refractivity contribution in [3.8, 4) is 0 Å². The Morgan fingerprint density at radius 1 is 1.19 bits per heavy atom. The molecule has 0 aromatic heterocycles. The Balaban J connectivity index is 1.47. The van der Waals surface area contributed by atoms with Crippen LogP contribution in [0.3, 0.4) is 0 Å². The average molecular weight is 288 g/mol. The van der Waals surface area contributed by atoms with Crippen LogP contribution in [0.15, 0.2) is 24.3 Å². The molecule has 3 rings (SSSR count). The van der Waals surface area contributed by atoms with E-state index < -0.39 is 0 Å². The fourth-order valence-corrected chi connectivity index (χ4v) is 3.61. The van der Waals surface area contributed by atoms with E-state index in [-0.39, 0.29) is 6.03 Å². The first-order valence-electron chi connectivity index (χ1n) is 7.86. The van der Waals surface area contributed by atoms with Crippen molar-refractivity contribution in [3.63, 3.8) is 0 Å². The molecule has 114 valence electrons. The van der Waals surface area contributed by atoms with Crippen LogP contribution in [-0.4, -0.2) is 31.1 Å².